The third kappa shape index (κ3) is 4.82. The van der Waals surface area contributed by atoms with Crippen molar-refractivity contribution < 1.29 is 27.8 Å². The lowest BCUT2D eigenvalue weighted by molar-refractivity contribution is 0.0511. The molecule has 182 valence electrons. The van der Waals surface area contributed by atoms with E-state index >= 15 is 0 Å². The third-order valence-corrected chi connectivity index (χ3v) is 5.84. The van der Waals surface area contributed by atoms with E-state index in [0.29, 0.717) is 21.9 Å². The van der Waals surface area contributed by atoms with Crippen LogP contribution in [0.5, 0.6) is 0 Å². The van der Waals surface area contributed by atoms with E-state index < -0.39 is 17.9 Å². The average Bonchev–Trinajstić information content (AvgIpc) is 3.11. The molecule has 1 heterocycles. The number of benzene rings is 3. The highest BCUT2D eigenvalue weighted by Crippen LogP contribution is 2.31. The Morgan fingerprint density at radius 3 is 2.31 bits per heavy atom. The Hall–Kier alpha value is -3.94. The van der Waals surface area contributed by atoms with Crippen molar-refractivity contribution in [2.24, 2.45) is 0 Å². The van der Waals surface area contributed by atoms with Crippen molar-refractivity contribution in [3.63, 3.8) is 0 Å². The van der Waals surface area contributed by atoms with Gasteiger partial charge in [0.1, 0.15) is 17.3 Å². The van der Waals surface area contributed by atoms with Gasteiger partial charge in [0.05, 0.1) is 19.8 Å². The Kier molecular flexibility index (Phi) is 7.00. The minimum atomic E-state index is -0.595. The standard InChI is InChI=1S/C27H26F2N2O4/c1-4-34-26(32)25-23(16-30(3)27(33)35-5-2)22-14-20(29)11-12-24(22)31(25)15-18-8-6-7-17-9-10-19(28)13-21(17)18/h6-14H,4-5,15-16H2,1-3H3. The molecule has 3 aromatic carbocycles. The van der Waals surface area contributed by atoms with Crippen molar-refractivity contribution >= 4 is 33.7 Å². The van der Waals surface area contributed by atoms with Crippen LogP contribution in [0, 0.1) is 11.6 Å². The van der Waals surface area contributed by atoms with Crippen LogP contribution in [0.25, 0.3) is 21.7 Å². The van der Waals surface area contributed by atoms with E-state index in [1.807, 2.05) is 18.2 Å². The van der Waals surface area contributed by atoms with Gasteiger partial charge >= 0.3 is 12.1 Å². The van der Waals surface area contributed by atoms with E-state index in [1.165, 1.54) is 29.2 Å². The SMILES string of the molecule is CCOC(=O)c1c(CN(C)C(=O)OCC)c2cc(F)ccc2n1Cc1cccc2ccc(F)cc12. The van der Waals surface area contributed by atoms with Gasteiger partial charge in [-0.2, -0.15) is 0 Å². The molecular weight excluding hydrogens is 454 g/mol. The van der Waals surface area contributed by atoms with Gasteiger partial charge in [-0.15, -0.1) is 0 Å². The summed E-state index contributed by atoms with van der Waals surface area (Å²) >= 11 is 0. The van der Waals surface area contributed by atoms with E-state index in [2.05, 4.69) is 0 Å². The number of carbonyl (C=O) groups is 2. The zero-order chi connectivity index (χ0) is 25.1. The molecule has 0 atom stereocenters. The normalized spacial score (nSPS) is 11.1. The molecule has 4 rings (SSSR count). The van der Waals surface area contributed by atoms with E-state index in [4.69, 9.17) is 9.47 Å². The van der Waals surface area contributed by atoms with Gasteiger partial charge in [-0.05, 0) is 60.5 Å². The highest BCUT2D eigenvalue weighted by atomic mass is 19.1. The van der Waals surface area contributed by atoms with Crippen molar-refractivity contribution in [1.82, 2.24) is 9.47 Å². The molecule has 0 saturated carbocycles. The predicted octanol–water partition coefficient (Wildman–Crippen LogP) is 5.89. The first-order valence-corrected chi connectivity index (χ1v) is 11.4. The summed E-state index contributed by atoms with van der Waals surface area (Å²) in [5, 5.41) is 2.04. The van der Waals surface area contributed by atoms with Gasteiger partial charge in [0.25, 0.3) is 0 Å². The highest BCUT2D eigenvalue weighted by molar-refractivity contribution is 5.99. The number of fused-ring (bicyclic) bond motifs is 2. The van der Waals surface area contributed by atoms with Crippen molar-refractivity contribution in [3.05, 3.63) is 83.1 Å². The molecule has 0 bridgehead atoms. The number of ether oxygens (including phenoxy) is 2. The number of halogens is 2. The molecule has 1 amide bonds. The fraction of sp³-hybridized carbons (Fsp3) is 0.259. The van der Waals surface area contributed by atoms with Crippen LogP contribution < -0.4 is 0 Å². The smallest absolute Gasteiger partial charge is 0.409 e. The van der Waals surface area contributed by atoms with E-state index in [0.717, 1.165) is 10.9 Å². The summed E-state index contributed by atoms with van der Waals surface area (Å²) in [5.41, 5.74) is 2.02. The molecule has 0 fully saturated rings. The number of aromatic nitrogens is 1. The van der Waals surface area contributed by atoms with Gasteiger partial charge in [-0.3, -0.25) is 0 Å². The summed E-state index contributed by atoms with van der Waals surface area (Å²) < 4.78 is 40.6. The van der Waals surface area contributed by atoms with Gasteiger partial charge in [0.2, 0.25) is 0 Å². The topological polar surface area (TPSA) is 60.8 Å². The summed E-state index contributed by atoms with van der Waals surface area (Å²) in [6.07, 6.45) is -0.566. The Bertz CT molecular complexity index is 1410. The molecular formula is C27H26F2N2O4. The summed E-state index contributed by atoms with van der Waals surface area (Å²) in [7, 11) is 1.54. The Labute approximate surface area is 201 Å². The van der Waals surface area contributed by atoms with Crippen LogP contribution >= 0.6 is 0 Å². The second kappa shape index (κ2) is 10.1. The largest absolute Gasteiger partial charge is 0.461 e. The highest BCUT2D eigenvalue weighted by Gasteiger charge is 2.27. The summed E-state index contributed by atoms with van der Waals surface area (Å²) in [4.78, 5) is 26.8. The van der Waals surface area contributed by atoms with Gasteiger partial charge in [0.15, 0.2) is 0 Å². The van der Waals surface area contributed by atoms with Crippen LogP contribution in [0.4, 0.5) is 13.6 Å². The van der Waals surface area contributed by atoms with Crippen molar-refractivity contribution in [2.45, 2.75) is 26.9 Å². The zero-order valence-corrected chi connectivity index (χ0v) is 19.8. The number of carbonyl (C=O) groups excluding carboxylic acids is 2. The number of nitrogens with zero attached hydrogens (tertiary/aromatic N) is 2. The fourth-order valence-corrected chi connectivity index (χ4v) is 4.31. The molecule has 0 spiro atoms. The monoisotopic (exact) mass is 480 g/mol. The number of hydrogen-bond donors (Lipinski definition) is 0. The van der Waals surface area contributed by atoms with Crippen LogP contribution in [-0.4, -0.2) is 41.8 Å². The molecule has 6 nitrogen and oxygen atoms in total. The van der Waals surface area contributed by atoms with Gasteiger partial charge < -0.3 is 18.9 Å². The number of esters is 1. The van der Waals surface area contributed by atoms with Crippen molar-refractivity contribution in [1.29, 1.82) is 0 Å². The van der Waals surface area contributed by atoms with Gasteiger partial charge in [0, 0.05) is 30.1 Å². The van der Waals surface area contributed by atoms with E-state index in [1.54, 1.807) is 37.6 Å². The lowest BCUT2D eigenvalue weighted by Gasteiger charge is -2.18. The Balaban J connectivity index is 1.93. The third-order valence-electron chi connectivity index (χ3n) is 5.84. The van der Waals surface area contributed by atoms with Crippen LogP contribution in [0.3, 0.4) is 0 Å². The maximum absolute atomic E-state index is 14.3. The van der Waals surface area contributed by atoms with Crippen LogP contribution in [0.1, 0.15) is 35.5 Å². The maximum atomic E-state index is 14.3. The zero-order valence-electron chi connectivity index (χ0n) is 19.8. The molecule has 0 saturated heterocycles. The van der Waals surface area contributed by atoms with Crippen molar-refractivity contribution in [2.75, 3.05) is 20.3 Å². The molecule has 0 aliphatic rings. The predicted molar refractivity (Wildman–Crippen MR) is 129 cm³/mol. The lowest BCUT2D eigenvalue weighted by atomic mass is 10.0. The second-order valence-corrected chi connectivity index (χ2v) is 8.13. The molecule has 0 aliphatic carbocycles. The molecule has 0 unspecified atom stereocenters. The average molecular weight is 481 g/mol. The molecule has 0 aliphatic heterocycles. The molecule has 1 aromatic heterocycles. The summed E-state index contributed by atoms with van der Waals surface area (Å²) in [6, 6.07) is 14.4. The van der Waals surface area contributed by atoms with E-state index in [-0.39, 0.29) is 37.8 Å². The summed E-state index contributed by atoms with van der Waals surface area (Å²) in [5.74, 6) is -1.44. The van der Waals surface area contributed by atoms with Crippen LogP contribution in [-0.2, 0) is 22.6 Å². The van der Waals surface area contributed by atoms with Crippen molar-refractivity contribution in [3.8, 4) is 0 Å². The number of rotatable bonds is 7. The maximum Gasteiger partial charge on any atom is 0.409 e. The first-order valence-electron chi connectivity index (χ1n) is 11.4. The summed E-state index contributed by atoms with van der Waals surface area (Å²) in [6.45, 7) is 3.94. The minimum Gasteiger partial charge on any atom is -0.461 e. The van der Waals surface area contributed by atoms with Crippen LogP contribution in [0.2, 0.25) is 0 Å². The fourth-order valence-electron chi connectivity index (χ4n) is 4.31. The lowest BCUT2D eigenvalue weighted by Crippen LogP contribution is -2.28. The number of amides is 1. The Morgan fingerprint density at radius 1 is 0.914 bits per heavy atom. The van der Waals surface area contributed by atoms with E-state index in [9.17, 15) is 18.4 Å². The first-order chi connectivity index (χ1) is 16.8. The van der Waals surface area contributed by atoms with Crippen LogP contribution in [0.15, 0.2) is 54.6 Å². The number of hydrogen-bond acceptors (Lipinski definition) is 4. The quantitative estimate of drug-likeness (QED) is 0.310. The Morgan fingerprint density at radius 2 is 1.60 bits per heavy atom. The first kappa shape index (κ1) is 24.2. The minimum absolute atomic E-state index is 0.00407. The second-order valence-electron chi connectivity index (χ2n) is 8.13. The van der Waals surface area contributed by atoms with Gasteiger partial charge in [-0.1, -0.05) is 24.3 Å². The molecule has 8 heteroatoms. The molecule has 35 heavy (non-hydrogen) atoms. The molecule has 0 N–H and O–H groups in total. The molecule has 0 radical (unpaired) electrons. The van der Waals surface area contributed by atoms with Gasteiger partial charge in [-0.25, -0.2) is 18.4 Å². The molecule has 4 aromatic rings.